The fourth-order valence-electron chi connectivity index (χ4n) is 7.46. The van der Waals surface area contributed by atoms with E-state index in [1.165, 1.54) is 0 Å². The first-order valence-electron chi connectivity index (χ1n) is 13.5. The summed E-state index contributed by atoms with van der Waals surface area (Å²) < 4.78 is 8.06. The second kappa shape index (κ2) is 7.85. The number of carbonyl (C=O) groups is 2. The van der Waals surface area contributed by atoms with Crippen LogP contribution in [0.15, 0.2) is 66.7 Å². The SMILES string of the molecule is CCOC(=O)[C@]1(c2[nH]c3ccccc3c2C)CC2(C(=O)N(C)c3ccc(C)cc32)c2c(C)c3ccccc3n21. The maximum atomic E-state index is 14.6. The van der Waals surface area contributed by atoms with Crippen molar-refractivity contribution in [1.82, 2.24) is 9.55 Å². The first kappa shape index (κ1) is 23.8. The molecule has 0 aliphatic carbocycles. The summed E-state index contributed by atoms with van der Waals surface area (Å²) in [4.78, 5) is 34.5. The lowest BCUT2D eigenvalue weighted by molar-refractivity contribution is -0.151. The van der Waals surface area contributed by atoms with Crippen molar-refractivity contribution in [3.8, 4) is 0 Å². The molecule has 1 amide bonds. The van der Waals surface area contributed by atoms with E-state index in [0.717, 1.165) is 61.1 Å². The molecule has 2 aromatic heterocycles. The Morgan fingerprint density at radius 2 is 1.69 bits per heavy atom. The van der Waals surface area contributed by atoms with Crippen molar-refractivity contribution in [3.05, 3.63) is 100 Å². The molecule has 1 unspecified atom stereocenters. The second-order valence-electron chi connectivity index (χ2n) is 11.0. The highest BCUT2D eigenvalue weighted by atomic mass is 16.5. The lowest BCUT2D eigenvalue weighted by Crippen LogP contribution is -2.45. The van der Waals surface area contributed by atoms with Gasteiger partial charge in [-0.15, -0.1) is 0 Å². The minimum atomic E-state index is -1.27. The predicted octanol–water partition coefficient (Wildman–Crippen LogP) is 6.02. The van der Waals surface area contributed by atoms with Crippen LogP contribution in [0.25, 0.3) is 21.8 Å². The number of nitrogens with one attached hydrogen (secondary N) is 1. The van der Waals surface area contributed by atoms with E-state index in [1.807, 2.05) is 56.4 Å². The largest absolute Gasteiger partial charge is 0.464 e. The smallest absolute Gasteiger partial charge is 0.338 e. The number of aryl methyl sites for hydroxylation is 3. The third kappa shape index (κ3) is 2.71. The van der Waals surface area contributed by atoms with Crippen LogP contribution in [0.2, 0.25) is 0 Å². The number of hydrogen-bond acceptors (Lipinski definition) is 3. The number of esters is 1. The van der Waals surface area contributed by atoms with Crippen LogP contribution in [-0.2, 0) is 25.3 Å². The third-order valence-electron chi connectivity index (χ3n) is 9.07. The van der Waals surface area contributed by atoms with E-state index < -0.39 is 11.0 Å². The van der Waals surface area contributed by atoms with Gasteiger partial charge in [-0.1, -0.05) is 54.1 Å². The van der Waals surface area contributed by atoms with E-state index in [2.05, 4.69) is 54.6 Å². The Morgan fingerprint density at radius 3 is 2.44 bits per heavy atom. The number of rotatable bonds is 3. The summed E-state index contributed by atoms with van der Waals surface area (Å²) in [7, 11) is 1.84. The molecule has 1 N–H and O–H groups in total. The number of H-pyrrole nitrogens is 1. The standard InChI is InChI=1S/C33H31N3O3/c1-6-39-31(38)33(28-20(3)22-11-7-9-13-25(22)34-28)18-32(24-17-19(2)15-16-27(24)35(5)30(32)37)29-21(4)23-12-8-10-14-26(23)36(29)33/h7-17,34H,6,18H2,1-5H3/t32?,33-/m1/s1. The Hall–Kier alpha value is -4.32. The number of likely N-dealkylation sites (N-methyl/N-ethyl adjacent to an activating group) is 1. The van der Waals surface area contributed by atoms with Crippen LogP contribution in [0, 0.1) is 20.8 Å². The van der Waals surface area contributed by atoms with Crippen LogP contribution in [0.5, 0.6) is 0 Å². The van der Waals surface area contributed by atoms with Crippen molar-refractivity contribution >= 4 is 39.4 Å². The van der Waals surface area contributed by atoms with Crippen LogP contribution in [0.3, 0.4) is 0 Å². The van der Waals surface area contributed by atoms with Gasteiger partial charge in [-0.25, -0.2) is 4.79 Å². The summed E-state index contributed by atoms with van der Waals surface area (Å²) in [5.41, 5.74) is 6.11. The van der Waals surface area contributed by atoms with E-state index in [0.29, 0.717) is 0 Å². The van der Waals surface area contributed by atoms with Crippen LogP contribution < -0.4 is 4.90 Å². The Labute approximate surface area is 227 Å². The number of aromatic amines is 1. The molecule has 2 aliphatic heterocycles. The summed E-state index contributed by atoms with van der Waals surface area (Å²) in [6, 6.07) is 22.4. The third-order valence-corrected chi connectivity index (χ3v) is 9.07. The van der Waals surface area contributed by atoms with Gasteiger partial charge in [0.05, 0.1) is 12.3 Å². The van der Waals surface area contributed by atoms with Gasteiger partial charge in [-0.3, -0.25) is 4.79 Å². The average Bonchev–Trinajstić information content (AvgIpc) is 3.61. The Balaban J connectivity index is 1.69. The van der Waals surface area contributed by atoms with Crippen molar-refractivity contribution in [2.45, 2.75) is 45.1 Å². The number of fused-ring (bicyclic) bond motifs is 7. The molecule has 3 aromatic carbocycles. The number of hydrogen-bond donors (Lipinski definition) is 1. The van der Waals surface area contributed by atoms with E-state index >= 15 is 0 Å². The maximum absolute atomic E-state index is 14.6. The lowest BCUT2D eigenvalue weighted by atomic mass is 9.71. The molecular formula is C33H31N3O3. The quantitative estimate of drug-likeness (QED) is 0.298. The van der Waals surface area contributed by atoms with Crippen LogP contribution in [0.4, 0.5) is 5.69 Å². The molecule has 0 saturated carbocycles. The van der Waals surface area contributed by atoms with Gasteiger partial charge < -0.3 is 19.2 Å². The number of amides is 1. The number of anilines is 1. The van der Waals surface area contributed by atoms with Gasteiger partial charge >= 0.3 is 5.97 Å². The fraction of sp³-hybridized carbons (Fsp3) is 0.273. The zero-order valence-electron chi connectivity index (χ0n) is 22.9. The Bertz CT molecular complexity index is 1860. The molecule has 0 saturated heterocycles. The van der Waals surface area contributed by atoms with Gasteiger partial charge in [0.15, 0.2) is 5.54 Å². The van der Waals surface area contributed by atoms with Gasteiger partial charge in [0.25, 0.3) is 0 Å². The molecule has 0 fully saturated rings. The van der Waals surface area contributed by atoms with Gasteiger partial charge in [0.1, 0.15) is 5.41 Å². The Kier molecular flexibility index (Phi) is 4.79. The monoisotopic (exact) mass is 517 g/mol. The zero-order valence-corrected chi connectivity index (χ0v) is 22.9. The maximum Gasteiger partial charge on any atom is 0.338 e. The first-order valence-corrected chi connectivity index (χ1v) is 13.5. The molecule has 7 rings (SSSR count). The van der Waals surface area contributed by atoms with E-state index in [9.17, 15) is 9.59 Å². The molecule has 6 nitrogen and oxygen atoms in total. The Morgan fingerprint density at radius 1 is 0.974 bits per heavy atom. The number of carbonyl (C=O) groups excluding carboxylic acids is 2. The normalized spacial score (nSPS) is 21.8. The lowest BCUT2D eigenvalue weighted by Gasteiger charge is -2.32. The minimum absolute atomic E-state index is 0.0183. The number of nitrogens with zero attached hydrogens (tertiary/aromatic N) is 2. The molecule has 0 bridgehead atoms. The number of aromatic nitrogens is 2. The van der Waals surface area contributed by atoms with E-state index in [-0.39, 0.29) is 24.9 Å². The molecule has 2 atom stereocenters. The molecule has 6 heteroatoms. The minimum Gasteiger partial charge on any atom is -0.464 e. The molecule has 0 radical (unpaired) electrons. The summed E-state index contributed by atoms with van der Waals surface area (Å²) in [6.07, 6.45) is 0.243. The van der Waals surface area contributed by atoms with Gasteiger partial charge in [0, 0.05) is 46.7 Å². The molecular weight excluding hydrogens is 486 g/mol. The van der Waals surface area contributed by atoms with Gasteiger partial charge in [-0.05, 0) is 62.6 Å². The molecule has 1 spiro atoms. The number of ether oxygens (including phenoxy) is 1. The molecule has 2 aliphatic rings. The van der Waals surface area contributed by atoms with Crippen molar-refractivity contribution in [2.75, 3.05) is 18.6 Å². The summed E-state index contributed by atoms with van der Waals surface area (Å²) in [5, 5.41) is 2.09. The zero-order chi connectivity index (χ0) is 27.3. The highest BCUT2D eigenvalue weighted by molar-refractivity contribution is 6.13. The van der Waals surface area contributed by atoms with Crippen molar-refractivity contribution in [2.24, 2.45) is 0 Å². The van der Waals surface area contributed by atoms with Gasteiger partial charge in [-0.2, -0.15) is 0 Å². The summed E-state index contributed by atoms with van der Waals surface area (Å²) in [6.45, 7) is 8.26. The van der Waals surface area contributed by atoms with Crippen LogP contribution in [0.1, 0.15) is 47.0 Å². The predicted molar refractivity (Wildman–Crippen MR) is 153 cm³/mol. The first-order chi connectivity index (χ1) is 18.8. The second-order valence-corrected chi connectivity index (χ2v) is 11.0. The van der Waals surface area contributed by atoms with Crippen molar-refractivity contribution in [1.29, 1.82) is 0 Å². The highest BCUT2D eigenvalue weighted by Gasteiger charge is 2.67. The average molecular weight is 518 g/mol. The highest BCUT2D eigenvalue weighted by Crippen LogP contribution is 2.61. The molecule has 5 aromatic rings. The topological polar surface area (TPSA) is 67.3 Å². The van der Waals surface area contributed by atoms with Gasteiger partial charge in [0.2, 0.25) is 5.91 Å². The fourth-order valence-corrected chi connectivity index (χ4v) is 7.46. The molecule has 4 heterocycles. The van der Waals surface area contributed by atoms with E-state index in [1.54, 1.807) is 4.90 Å². The molecule has 196 valence electrons. The number of benzene rings is 3. The van der Waals surface area contributed by atoms with Crippen molar-refractivity contribution < 1.29 is 14.3 Å². The van der Waals surface area contributed by atoms with Crippen molar-refractivity contribution in [3.63, 3.8) is 0 Å². The summed E-state index contributed by atoms with van der Waals surface area (Å²) in [5.74, 6) is -0.370. The van der Waals surface area contributed by atoms with Crippen LogP contribution in [-0.4, -0.2) is 35.1 Å². The number of para-hydroxylation sites is 2. The van der Waals surface area contributed by atoms with Crippen LogP contribution >= 0.6 is 0 Å². The van der Waals surface area contributed by atoms with E-state index in [4.69, 9.17) is 4.74 Å². The summed E-state index contributed by atoms with van der Waals surface area (Å²) >= 11 is 0. The molecule has 39 heavy (non-hydrogen) atoms.